The van der Waals surface area contributed by atoms with E-state index in [2.05, 4.69) is 33.5 Å². The maximum atomic E-state index is 5.92. The van der Waals surface area contributed by atoms with Crippen LogP contribution in [0.25, 0.3) is 0 Å². The molecule has 2 atom stereocenters. The Bertz CT molecular complexity index is 161. The third-order valence-corrected chi connectivity index (χ3v) is 13.3. The lowest BCUT2D eigenvalue weighted by atomic mass is 10.3. The summed E-state index contributed by atoms with van der Waals surface area (Å²) in [6, 6.07) is 1.10. The van der Waals surface area contributed by atoms with Gasteiger partial charge in [0.05, 0.1) is 0 Å². The van der Waals surface area contributed by atoms with E-state index in [1.807, 2.05) is 0 Å². The topological polar surface area (TPSA) is 27.7 Å². The summed E-state index contributed by atoms with van der Waals surface area (Å²) in [5.41, 5.74) is 0. The lowest BCUT2D eigenvalue weighted by Crippen LogP contribution is -2.55. The minimum Gasteiger partial charge on any atom is -0.420 e. The molecular weight excluding hydrogens is 216 g/mol. The van der Waals surface area contributed by atoms with E-state index >= 15 is 0 Å². The third kappa shape index (κ3) is 3.64. The number of hydrogen-bond acceptors (Lipinski definition) is 3. The van der Waals surface area contributed by atoms with Crippen molar-refractivity contribution in [1.82, 2.24) is 0 Å². The molecule has 1 aliphatic rings. The molecule has 0 aliphatic carbocycles. The van der Waals surface area contributed by atoms with Crippen molar-refractivity contribution in [3.05, 3.63) is 0 Å². The zero-order chi connectivity index (χ0) is 10.1. The molecule has 1 heterocycles. The van der Waals surface area contributed by atoms with Gasteiger partial charge in [-0.1, -0.05) is 13.8 Å². The molecule has 0 radical (unpaired) electrons. The van der Waals surface area contributed by atoms with Crippen LogP contribution in [0.3, 0.4) is 0 Å². The monoisotopic (exact) mass is 236 g/mol. The van der Waals surface area contributed by atoms with E-state index in [0.29, 0.717) is 5.92 Å². The second-order valence-corrected chi connectivity index (χ2v) is 12.2. The fourth-order valence-corrected chi connectivity index (χ4v) is 14.1. The Balaban J connectivity index is 2.55. The summed E-state index contributed by atoms with van der Waals surface area (Å²) in [7, 11) is -4.50. The summed E-state index contributed by atoms with van der Waals surface area (Å²) in [4.78, 5) is 0. The fourth-order valence-electron chi connectivity index (χ4n) is 1.89. The highest BCUT2D eigenvalue weighted by molar-refractivity contribution is 6.82. The van der Waals surface area contributed by atoms with Crippen molar-refractivity contribution in [2.45, 2.75) is 39.5 Å². The summed E-state index contributed by atoms with van der Waals surface area (Å²) >= 11 is 0. The van der Waals surface area contributed by atoms with E-state index in [-0.39, 0.29) is 0 Å². The molecule has 2 unspecified atom stereocenters. The zero-order valence-electron chi connectivity index (χ0n) is 9.16. The van der Waals surface area contributed by atoms with Crippen molar-refractivity contribution >= 4 is 27.1 Å². The van der Waals surface area contributed by atoms with Gasteiger partial charge in [0.15, 0.2) is 0 Å². The van der Waals surface area contributed by atoms with E-state index < -0.39 is 27.1 Å². The van der Waals surface area contributed by atoms with Crippen molar-refractivity contribution in [2.24, 2.45) is 5.92 Å². The second-order valence-electron chi connectivity index (χ2n) is 4.24. The SMILES string of the molecule is CC(C)C[Si]1(C)O[SiH](C)O[SiH](C)O1. The highest BCUT2D eigenvalue weighted by atomic mass is 28.5. The van der Waals surface area contributed by atoms with Crippen LogP contribution in [-0.4, -0.2) is 27.1 Å². The van der Waals surface area contributed by atoms with Gasteiger partial charge < -0.3 is 12.3 Å². The van der Waals surface area contributed by atoms with Gasteiger partial charge in [-0.2, -0.15) is 0 Å². The Morgan fingerprint density at radius 1 is 1.15 bits per heavy atom. The summed E-state index contributed by atoms with van der Waals surface area (Å²) < 4.78 is 17.5. The molecule has 3 nitrogen and oxygen atoms in total. The Labute approximate surface area is 85.3 Å². The van der Waals surface area contributed by atoms with Crippen LogP contribution >= 0.6 is 0 Å². The van der Waals surface area contributed by atoms with Crippen molar-refractivity contribution < 1.29 is 12.3 Å². The van der Waals surface area contributed by atoms with Crippen LogP contribution in [0.15, 0.2) is 0 Å². The molecule has 0 amide bonds. The van der Waals surface area contributed by atoms with E-state index in [4.69, 9.17) is 12.3 Å². The van der Waals surface area contributed by atoms with Crippen LogP contribution in [-0.2, 0) is 12.3 Å². The third-order valence-electron chi connectivity index (χ3n) is 1.99. The van der Waals surface area contributed by atoms with Gasteiger partial charge in [0, 0.05) is 0 Å². The minimum absolute atomic E-state index is 0.664. The Morgan fingerprint density at radius 2 is 1.62 bits per heavy atom. The van der Waals surface area contributed by atoms with Crippen LogP contribution in [0.4, 0.5) is 0 Å². The molecule has 78 valence electrons. The Morgan fingerprint density at radius 3 is 2.00 bits per heavy atom. The molecule has 0 bridgehead atoms. The Hall–Kier alpha value is 0.531. The smallest absolute Gasteiger partial charge is 0.317 e. The van der Waals surface area contributed by atoms with Crippen LogP contribution in [0, 0.1) is 5.92 Å². The molecular formula is C7H20O3Si3. The van der Waals surface area contributed by atoms with Crippen LogP contribution in [0.5, 0.6) is 0 Å². The summed E-state index contributed by atoms with van der Waals surface area (Å²) in [6.45, 7) is 10.8. The molecule has 13 heavy (non-hydrogen) atoms. The molecule has 0 spiro atoms. The van der Waals surface area contributed by atoms with Crippen LogP contribution in [0.1, 0.15) is 13.8 Å². The van der Waals surface area contributed by atoms with E-state index in [9.17, 15) is 0 Å². The largest absolute Gasteiger partial charge is 0.420 e. The highest BCUT2D eigenvalue weighted by Crippen LogP contribution is 2.25. The van der Waals surface area contributed by atoms with Gasteiger partial charge >= 0.3 is 8.56 Å². The molecule has 1 aliphatic heterocycles. The number of rotatable bonds is 2. The molecule has 6 heteroatoms. The maximum Gasteiger partial charge on any atom is 0.317 e. The van der Waals surface area contributed by atoms with Gasteiger partial charge in [-0.15, -0.1) is 0 Å². The van der Waals surface area contributed by atoms with E-state index in [1.54, 1.807) is 0 Å². The van der Waals surface area contributed by atoms with Gasteiger partial charge in [0.1, 0.15) is 0 Å². The molecule has 1 fully saturated rings. The lowest BCUT2D eigenvalue weighted by molar-refractivity contribution is 0.264. The molecule has 0 saturated carbocycles. The van der Waals surface area contributed by atoms with Crippen LogP contribution in [0.2, 0.25) is 25.7 Å². The standard InChI is InChI=1S/C7H20O3Si3/c1-7(2)6-13(5)9-11(3)8-12(4)10-13/h7,11-12H,6H2,1-5H3. The molecule has 1 saturated heterocycles. The molecule has 0 aromatic heterocycles. The second kappa shape index (κ2) is 4.37. The summed E-state index contributed by atoms with van der Waals surface area (Å²) in [5, 5.41) is 0. The number of hydrogen-bond donors (Lipinski definition) is 0. The fraction of sp³-hybridized carbons (Fsp3) is 1.00. The van der Waals surface area contributed by atoms with Crippen molar-refractivity contribution in [3.8, 4) is 0 Å². The Kier molecular flexibility index (Phi) is 3.90. The highest BCUT2D eigenvalue weighted by Gasteiger charge is 2.41. The summed E-state index contributed by atoms with van der Waals surface area (Å²) in [5.74, 6) is 0.664. The van der Waals surface area contributed by atoms with E-state index in [0.717, 1.165) is 6.04 Å². The average molecular weight is 236 g/mol. The van der Waals surface area contributed by atoms with Crippen molar-refractivity contribution in [2.75, 3.05) is 0 Å². The molecule has 1 rings (SSSR count). The summed E-state index contributed by atoms with van der Waals surface area (Å²) in [6.07, 6.45) is 0. The molecule has 0 N–H and O–H groups in total. The molecule has 0 aromatic rings. The minimum atomic E-state index is -1.83. The first kappa shape index (κ1) is 11.6. The van der Waals surface area contributed by atoms with Crippen LogP contribution < -0.4 is 0 Å². The van der Waals surface area contributed by atoms with Gasteiger partial charge in [-0.3, -0.25) is 0 Å². The van der Waals surface area contributed by atoms with E-state index in [1.165, 1.54) is 0 Å². The molecule has 0 aromatic carbocycles. The van der Waals surface area contributed by atoms with Gasteiger partial charge in [-0.25, -0.2) is 0 Å². The van der Waals surface area contributed by atoms with Gasteiger partial charge in [0.2, 0.25) is 0 Å². The van der Waals surface area contributed by atoms with Crippen molar-refractivity contribution in [3.63, 3.8) is 0 Å². The quantitative estimate of drug-likeness (QED) is 0.680. The lowest BCUT2D eigenvalue weighted by Gasteiger charge is -2.39. The first-order valence-electron chi connectivity index (χ1n) is 4.92. The van der Waals surface area contributed by atoms with Gasteiger partial charge in [0.25, 0.3) is 18.6 Å². The first-order chi connectivity index (χ1) is 5.91. The predicted molar refractivity (Wildman–Crippen MR) is 60.5 cm³/mol. The predicted octanol–water partition coefficient (Wildman–Crippen LogP) is 1.48. The normalized spacial score (nSPS) is 41.1. The van der Waals surface area contributed by atoms with Crippen molar-refractivity contribution in [1.29, 1.82) is 0 Å². The average Bonchev–Trinajstić information content (AvgIpc) is 1.77. The van der Waals surface area contributed by atoms with Gasteiger partial charge in [-0.05, 0) is 31.6 Å². The first-order valence-corrected chi connectivity index (χ1v) is 11.6. The maximum absolute atomic E-state index is 5.92. The zero-order valence-corrected chi connectivity index (χ0v) is 12.5.